The molecule has 0 bridgehead atoms. The summed E-state index contributed by atoms with van der Waals surface area (Å²) >= 11 is 6.33. The van der Waals surface area contributed by atoms with Gasteiger partial charge in [0.1, 0.15) is 5.76 Å². The fourth-order valence-corrected chi connectivity index (χ4v) is 3.41. The van der Waals surface area contributed by atoms with Gasteiger partial charge in [-0.05, 0) is 35.9 Å². The number of hydrogen-bond donors (Lipinski definition) is 0. The molecule has 0 saturated carbocycles. The minimum Gasteiger partial charge on any atom is -0.496 e. The Balaban J connectivity index is 1.93. The van der Waals surface area contributed by atoms with Crippen LogP contribution in [0.4, 0.5) is 11.4 Å². The Morgan fingerprint density at radius 3 is 2.44 bits per heavy atom. The van der Waals surface area contributed by atoms with E-state index in [4.69, 9.17) is 16.3 Å². The van der Waals surface area contributed by atoms with Crippen molar-refractivity contribution in [3.8, 4) is 0 Å². The number of halogens is 1. The van der Waals surface area contributed by atoms with E-state index in [-0.39, 0.29) is 0 Å². The third kappa shape index (κ3) is 3.01. The number of hydrogen-bond acceptors (Lipinski definition) is 2. The molecule has 124 valence electrons. The van der Waals surface area contributed by atoms with Crippen molar-refractivity contribution in [2.45, 2.75) is 6.54 Å². The second kappa shape index (κ2) is 6.66. The molecule has 0 fully saturated rings. The topological polar surface area (TPSA) is 12.5 Å². The van der Waals surface area contributed by atoms with Gasteiger partial charge in [-0.25, -0.2) is 0 Å². The Kier molecular flexibility index (Phi) is 4.21. The van der Waals surface area contributed by atoms with Crippen molar-refractivity contribution in [3.05, 3.63) is 94.5 Å². The van der Waals surface area contributed by atoms with E-state index < -0.39 is 0 Å². The minimum absolute atomic E-state index is 0.714. The molecule has 2 nitrogen and oxygen atoms in total. The van der Waals surface area contributed by atoms with Crippen LogP contribution >= 0.6 is 11.6 Å². The number of fused-ring (bicyclic) bond motifs is 2. The van der Waals surface area contributed by atoms with Crippen LogP contribution < -0.4 is 4.90 Å². The third-order valence-corrected chi connectivity index (χ3v) is 4.67. The number of benzene rings is 3. The Hall–Kier alpha value is -2.71. The molecular formula is C22H18ClNO. The van der Waals surface area contributed by atoms with Gasteiger partial charge in [0, 0.05) is 28.4 Å². The molecule has 0 radical (unpaired) electrons. The van der Waals surface area contributed by atoms with Crippen molar-refractivity contribution >= 4 is 34.8 Å². The maximum Gasteiger partial charge on any atom is 0.128 e. The normalized spacial score (nSPS) is 12.7. The van der Waals surface area contributed by atoms with Gasteiger partial charge in [0.05, 0.1) is 12.8 Å². The highest BCUT2D eigenvalue weighted by Crippen LogP contribution is 2.41. The van der Waals surface area contributed by atoms with Gasteiger partial charge in [-0.3, -0.25) is 0 Å². The Morgan fingerprint density at radius 1 is 0.880 bits per heavy atom. The molecule has 25 heavy (non-hydrogen) atoms. The lowest BCUT2D eigenvalue weighted by Gasteiger charge is -2.27. The van der Waals surface area contributed by atoms with Gasteiger partial charge < -0.3 is 9.64 Å². The van der Waals surface area contributed by atoms with Crippen LogP contribution in [0.2, 0.25) is 5.02 Å². The molecule has 0 aliphatic carbocycles. The summed E-state index contributed by atoms with van der Waals surface area (Å²) < 4.78 is 5.68. The number of rotatable bonds is 3. The molecule has 0 aromatic heterocycles. The highest BCUT2D eigenvalue weighted by Gasteiger charge is 2.22. The standard InChI is InChI=1S/C22H18ClNO/c1-25-22-13-17-9-5-6-10-20(17)24(15-16-7-3-2-4-8-16)21-14-18(23)11-12-19(21)22/h2-14H,15H2,1H3. The van der Waals surface area contributed by atoms with E-state index in [1.165, 1.54) is 5.56 Å². The zero-order valence-corrected chi connectivity index (χ0v) is 14.7. The summed E-state index contributed by atoms with van der Waals surface area (Å²) in [5.74, 6) is 0.842. The Morgan fingerprint density at radius 2 is 1.64 bits per heavy atom. The molecule has 0 saturated heterocycles. The summed E-state index contributed by atoms with van der Waals surface area (Å²) in [4.78, 5) is 2.30. The molecule has 3 heteroatoms. The zero-order chi connectivity index (χ0) is 17.2. The lowest BCUT2D eigenvalue weighted by molar-refractivity contribution is 0.373. The molecule has 4 rings (SSSR count). The molecule has 0 unspecified atom stereocenters. The van der Waals surface area contributed by atoms with Crippen molar-refractivity contribution in [3.63, 3.8) is 0 Å². The van der Waals surface area contributed by atoms with Crippen molar-refractivity contribution in [2.75, 3.05) is 12.0 Å². The monoisotopic (exact) mass is 347 g/mol. The molecule has 3 aromatic carbocycles. The Bertz CT molecular complexity index is 934. The summed E-state index contributed by atoms with van der Waals surface area (Å²) in [5, 5.41) is 0.714. The lowest BCUT2D eigenvalue weighted by Crippen LogP contribution is -2.18. The number of anilines is 2. The van der Waals surface area contributed by atoms with E-state index in [0.29, 0.717) is 5.02 Å². The molecule has 1 heterocycles. The predicted octanol–water partition coefficient (Wildman–Crippen LogP) is 6.14. The fourth-order valence-electron chi connectivity index (χ4n) is 3.25. The van der Waals surface area contributed by atoms with Crippen molar-refractivity contribution in [2.24, 2.45) is 0 Å². The van der Waals surface area contributed by atoms with Crippen LogP contribution in [-0.2, 0) is 11.3 Å². The molecule has 0 N–H and O–H groups in total. The molecule has 1 aliphatic heterocycles. The van der Waals surface area contributed by atoms with Crippen LogP contribution in [0, 0.1) is 0 Å². The highest BCUT2D eigenvalue weighted by atomic mass is 35.5. The first-order chi connectivity index (χ1) is 12.3. The van der Waals surface area contributed by atoms with E-state index >= 15 is 0 Å². The zero-order valence-electron chi connectivity index (χ0n) is 13.9. The van der Waals surface area contributed by atoms with Crippen molar-refractivity contribution in [1.29, 1.82) is 0 Å². The first-order valence-electron chi connectivity index (χ1n) is 8.22. The van der Waals surface area contributed by atoms with E-state index in [9.17, 15) is 0 Å². The molecule has 3 aromatic rings. The van der Waals surface area contributed by atoms with Crippen LogP contribution in [0.3, 0.4) is 0 Å². The van der Waals surface area contributed by atoms with Gasteiger partial charge in [0.15, 0.2) is 0 Å². The molecule has 1 aliphatic rings. The van der Waals surface area contributed by atoms with Crippen LogP contribution in [0.15, 0.2) is 72.8 Å². The second-order valence-corrected chi connectivity index (χ2v) is 6.44. The van der Waals surface area contributed by atoms with Gasteiger partial charge in [0.2, 0.25) is 0 Å². The smallest absolute Gasteiger partial charge is 0.128 e. The second-order valence-electron chi connectivity index (χ2n) is 6.00. The third-order valence-electron chi connectivity index (χ3n) is 4.43. The average molecular weight is 348 g/mol. The molecule has 0 atom stereocenters. The number of nitrogens with zero attached hydrogens (tertiary/aromatic N) is 1. The van der Waals surface area contributed by atoms with Gasteiger partial charge in [-0.2, -0.15) is 0 Å². The highest BCUT2D eigenvalue weighted by molar-refractivity contribution is 6.31. The van der Waals surface area contributed by atoms with Crippen molar-refractivity contribution < 1.29 is 4.74 Å². The van der Waals surface area contributed by atoms with Gasteiger partial charge >= 0.3 is 0 Å². The van der Waals surface area contributed by atoms with Gasteiger partial charge in [0.25, 0.3) is 0 Å². The largest absolute Gasteiger partial charge is 0.496 e. The van der Waals surface area contributed by atoms with Crippen molar-refractivity contribution in [1.82, 2.24) is 0 Å². The fraction of sp³-hybridized carbons (Fsp3) is 0.0909. The van der Waals surface area contributed by atoms with E-state index in [1.807, 2.05) is 30.3 Å². The van der Waals surface area contributed by atoms with Gasteiger partial charge in [-0.1, -0.05) is 60.1 Å². The predicted molar refractivity (Wildman–Crippen MR) is 105 cm³/mol. The number of ether oxygens (including phenoxy) is 1. The maximum absolute atomic E-state index is 6.33. The summed E-state index contributed by atoms with van der Waals surface area (Å²) in [5.41, 5.74) is 5.60. The summed E-state index contributed by atoms with van der Waals surface area (Å²) in [6.07, 6.45) is 2.09. The van der Waals surface area contributed by atoms with Crippen LogP contribution in [0.25, 0.3) is 11.8 Å². The van der Waals surface area contributed by atoms with Gasteiger partial charge in [-0.15, -0.1) is 0 Å². The summed E-state index contributed by atoms with van der Waals surface area (Å²) in [7, 11) is 1.71. The van der Waals surface area contributed by atoms with Crippen LogP contribution in [-0.4, -0.2) is 7.11 Å². The van der Waals surface area contributed by atoms with E-state index in [2.05, 4.69) is 53.4 Å². The number of methoxy groups -OCH3 is 1. The minimum atomic E-state index is 0.714. The Labute approximate surface area is 152 Å². The average Bonchev–Trinajstić information content (AvgIpc) is 2.77. The first kappa shape index (κ1) is 15.8. The molecule has 0 spiro atoms. The quantitative estimate of drug-likeness (QED) is 0.564. The number of para-hydroxylation sites is 1. The van der Waals surface area contributed by atoms with E-state index in [0.717, 1.165) is 34.8 Å². The summed E-state index contributed by atoms with van der Waals surface area (Å²) in [6, 6.07) is 24.8. The van der Waals surface area contributed by atoms with Crippen LogP contribution in [0.5, 0.6) is 0 Å². The van der Waals surface area contributed by atoms with Crippen LogP contribution in [0.1, 0.15) is 16.7 Å². The lowest BCUT2D eigenvalue weighted by atomic mass is 10.1. The summed E-state index contributed by atoms with van der Waals surface area (Å²) in [6.45, 7) is 0.760. The molecule has 0 amide bonds. The van der Waals surface area contributed by atoms with E-state index in [1.54, 1.807) is 7.11 Å². The SMILES string of the molecule is COC1=Cc2ccccc2N(Cc2ccccc2)c2cc(Cl)ccc21. The maximum atomic E-state index is 6.33. The molecular weight excluding hydrogens is 330 g/mol. The first-order valence-corrected chi connectivity index (χ1v) is 8.60.